The van der Waals surface area contributed by atoms with E-state index >= 15 is 0 Å². The summed E-state index contributed by atoms with van der Waals surface area (Å²) in [4.78, 5) is 13.0. The molecular weight excluding hydrogens is 256 g/mol. The van der Waals surface area contributed by atoms with E-state index in [1.807, 2.05) is 0 Å². The molecule has 1 heterocycles. The van der Waals surface area contributed by atoms with E-state index in [4.69, 9.17) is 5.11 Å². The Morgan fingerprint density at radius 1 is 1.35 bits per heavy atom. The van der Waals surface area contributed by atoms with Gasteiger partial charge in [0.05, 0.1) is 6.20 Å². The van der Waals surface area contributed by atoms with E-state index in [-0.39, 0.29) is 6.20 Å². The Balaban J connectivity index is 3.68. The van der Waals surface area contributed by atoms with Crippen LogP contribution in [0.15, 0.2) is 6.20 Å². The van der Waals surface area contributed by atoms with Crippen LogP contribution in [0, 0.1) is 5.82 Å². The van der Waals surface area contributed by atoms with Crippen LogP contribution >= 0.6 is 0 Å². The number of carboxylic acid groups (broad SMARTS) is 1. The second kappa shape index (κ2) is 4.22. The highest BCUT2D eigenvalue weighted by atomic mass is 19.4. The van der Waals surface area contributed by atoms with Crippen molar-refractivity contribution in [2.45, 2.75) is 12.6 Å². The number of hydrogen-bond acceptors (Lipinski definition) is 2. The van der Waals surface area contributed by atoms with Crippen LogP contribution in [-0.2, 0) is 6.18 Å². The van der Waals surface area contributed by atoms with Gasteiger partial charge >= 0.3 is 12.1 Å². The van der Waals surface area contributed by atoms with Crippen LogP contribution in [0.25, 0.3) is 0 Å². The molecule has 0 fully saturated rings. The van der Waals surface area contributed by atoms with Gasteiger partial charge in [-0.3, -0.25) is 4.98 Å². The number of pyridine rings is 1. The van der Waals surface area contributed by atoms with Crippen LogP contribution < -0.4 is 0 Å². The van der Waals surface area contributed by atoms with Gasteiger partial charge in [0, 0.05) is 0 Å². The molecule has 0 spiro atoms. The van der Waals surface area contributed by atoms with E-state index in [1.54, 1.807) is 0 Å². The fourth-order valence-electron chi connectivity index (χ4n) is 1.16. The van der Waals surface area contributed by atoms with Gasteiger partial charge in [-0.1, -0.05) is 0 Å². The van der Waals surface area contributed by atoms with Crippen molar-refractivity contribution in [3.8, 4) is 0 Å². The average molecular weight is 259 g/mol. The van der Waals surface area contributed by atoms with Crippen molar-refractivity contribution in [3.05, 3.63) is 28.8 Å². The lowest BCUT2D eigenvalue weighted by molar-refractivity contribution is -0.140. The Morgan fingerprint density at radius 3 is 2.24 bits per heavy atom. The molecule has 0 radical (unpaired) electrons. The quantitative estimate of drug-likeness (QED) is 0.831. The Hall–Kier alpha value is -1.80. The molecule has 1 N–H and O–H groups in total. The van der Waals surface area contributed by atoms with Gasteiger partial charge in [-0.05, 0) is 0 Å². The molecule has 17 heavy (non-hydrogen) atoms. The van der Waals surface area contributed by atoms with E-state index in [0.717, 1.165) is 0 Å². The van der Waals surface area contributed by atoms with Crippen molar-refractivity contribution in [3.63, 3.8) is 0 Å². The summed E-state index contributed by atoms with van der Waals surface area (Å²) in [7, 11) is 0. The molecule has 1 aromatic rings. The lowest BCUT2D eigenvalue weighted by atomic mass is 10.1. The molecule has 0 aliphatic rings. The number of carbonyl (C=O) groups is 1. The predicted molar refractivity (Wildman–Crippen MR) is 41.1 cm³/mol. The molecule has 0 bridgehead atoms. The summed E-state index contributed by atoms with van der Waals surface area (Å²) in [6, 6.07) is 0. The van der Waals surface area contributed by atoms with Crippen LogP contribution in [0.2, 0.25) is 0 Å². The highest BCUT2D eigenvalue weighted by Crippen LogP contribution is 2.38. The van der Waals surface area contributed by atoms with Gasteiger partial charge in [-0.2, -0.15) is 13.2 Å². The minimum atomic E-state index is -5.44. The average Bonchev–Trinajstić information content (AvgIpc) is 2.14. The summed E-state index contributed by atoms with van der Waals surface area (Å²) in [5, 5.41) is 8.40. The van der Waals surface area contributed by atoms with E-state index in [1.165, 1.54) is 0 Å². The number of aromatic nitrogens is 1. The van der Waals surface area contributed by atoms with Crippen molar-refractivity contribution < 1.29 is 36.2 Å². The largest absolute Gasteiger partial charge is 0.478 e. The maximum atomic E-state index is 12.9. The van der Waals surface area contributed by atoms with Crippen molar-refractivity contribution >= 4 is 5.97 Å². The van der Waals surface area contributed by atoms with Crippen molar-refractivity contribution in [2.75, 3.05) is 0 Å². The van der Waals surface area contributed by atoms with Crippen LogP contribution in [0.1, 0.15) is 28.0 Å². The molecule has 1 aromatic heterocycles. The summed E-state index contributed by atoms with van der Waals surface area (Å²) in [5.41, 5.74) is -5.93. The fourth-order valence-corrected chi connectivity index (χ4v) is 1.16. The smallest absolute Gasteiger partial charge is 0.419 e. The minimum absolute atomic E-state index is 0.0141. The minimum Gasteiger partial charge on any atom is -0.478 e. The second-order valence-electron chi connectivity index (χ2n) is 2.84. The number of aromatic carboxylic acids is 1. The zero-order valence-electron chi connectivity index (χ0n) is 7.73. The highest BCUT2D eigenvalue weighted by Gasteiger charge is 2.42. The van der Waals surface area contributed by atoms with Gasteiger partial charge in [0.25, 0.3) is 6.43 Å². The zero-order chi connectivity index (χ0) is 13.4. The Kier molecular flexibility index (Phi) is 3.30. The number of carboxylic acids is 1. The summed E-state index contributed by atoms with van der Waals surface area (Å²) in [6.07, 6.45) is -9.08. The van der Waals surface area contributed by atoms with Crippen LogP contribution in [-0.4, -0.2) is 16.1 Å². The molecule has 0 saturated heterocycles. The monoisotopic (exact) mass is 259 g/mol. The van der Waals surface area contributed by atoms with Gasteiger partial charge in [-0.25, -0.2) is 18.0 Å². The normalized spacial score (nSPS) is 11.9. The molecule has 0 amide bonds. The molecular formula is C8H3F6NO2. The van der Waals surface area contributed by atoms with Crippen molar-refractivity contribution in [1.29, 1.82) is 0 Å². The van der Waals surface area contributed by atoms with Crippen molar-refractivity contribution in [1.82, 2.24) is 4.98 Å². The van der Waals surface area contributed by atoms with Crippen molar-refractivity contribution in [2.24, 2.45) is 0 Å². The van der Waals surface area contributed by atoms with Gasteiger partial charge in [0.1, 0.15) is 16.8 Å². The number of nitrogens with zero attached hydrogens (tertiary/aromatic N) is 1. The number of rotatable bonds is 2. The van der Waals surface area contributed by atoms with Crippen LogP contribution in [0.3, 0.4) is 0 Å². The molecule has 0 saturated carbocycles. The molecule has 0 atom stereocenters. The molecule has 0 unspecified atom stereocenters. The second-order valence-corrected chi connectivity index (χ2v) is 2.84. The number of hydrogen-bond donors (Lipinski definition) is 1. The highest BCUT2D eigenvalue weighted by molar-refractivity contribution is 5.90. The zero-order valence-corrected chi connectivity index (χ0v) is 7.73. The standard InChI is InChI=1S/C8H3F6NO2/c9-2-1-15-5(6(10)11)4(8(12,13)14)3(2)7(16)17/h1,6H,(H,16,17). The van der Waals surface area contributed by atoms with E-state index in [0.29, 0.717) is 0 Å². The van der Waals surface area contributed by atoms with Gasteiger partial charge in [-0.15, -0.1) is 0 Å². The van der Waals surface area contributed by atoms with Gasteiger partial charge < -0.3 is 5.11 Å². The molecule has 0 aliphatic heterocycles. The molecule has 94 valence electrons. The molecule has 9 heteroatoms. The SMILES string of the molecule is O=C(O)c1c(F)cnc(C(F)F)c1C(F)(F)F. The summed E-state index contributed by atoms with van der Waals surface area (Å²) >= 11 is 0. The number of alkyl halides is 5. The molecule has 0 aromatic carbocycles. The molecule has 1 rings (SSSR count). The van der Waals surface area contributed by atoms with Crippen LogP contribution in [0.5, 0.6) is 0 Å². The fraction of sp³-hybridized carbons (Fsp3) is 0.250. The maximum absolute atomic E-state index is 12.9. The first-order chi connectivity index (χ1) is 7.66. The summed E-state index contributed by atoms with van der Waals surface area (Å²) in [5.74, 6) is -4.12. The predicted octanol–water partition coefficient (Wildman–Crippen LogP) is 2.88. The third-order valence-corrected chi connectivity index (χ3v) is 1.77. The first kappa shape index (κ1) is 13.3. The number of halogens is 6. The topological polar surface area (TPSA) is 50.2 Å². The summed E-state index contributed by atoms with van der Waals surface area (Å²) < 4.78 is 74.6. The Bertz CT molecular complexity index is 456. The van der Waals surface area contributed by atoms with Crippen LogP contribution in [0.4, 0.5) is 26.3 Å². The van der Waals surface area contributed by atoms with E-state index in [9.17, 15) is 31.1 Å². The summed E-state index contributed by atoms with van der Waals surface area (Å²) in [6.45, 7) is 0. The van der Waals surface area contributed by atoms with Gasteiger partial charge in [0.15, 0.2) is 5.82 Å². The third kappa shape index (κ3) is 2.48. The first-order valence-electron chi connectivity index (χ1n) is 3.93. The maximum Gasteiger partial charge on any atom is 0.419 e. The molecule has 3 nitrogen and oxygen atoms in total. The lowest BCUT2D eigenvalue weighted by Gasteiger charge is -2.14. The van der Waals surface area contributed by atoms with E-state index in [2.05, 4.69) is 4.98 Å². The Morgan fingerprint density at radius 2 is 1.88 bits per heavy atom. The molecule has 0 aliphatic carbocycles. The Labute approximate surface area is 89.7 Å². The van der Waals surface area contributed by atoms with Gasteiger partial charge in [0.2, 0.25) is 0 Å². The lowest BCUT2D eigenvalue weighted by Crippen LogP contribution is -2.19. The first-order valence-corrected chi connectivity index (χ1v) is 3.93. The third-order valence-electron chi connectivity index (χ3n) is 1.77. The van der Waals surface area contributed by atoms with E-state index < -0.39 is 41.2 Å².